The molecule has 90 valence electrons. The Labute approximate surface area is 104 Å². The molecule has 0 bridgehead atoms. The topological polar surface area (TPSA) is 20.3 Å². The highest BCUT2D eigenvalue weighted by molar-refractivity contribution is 7.99. The van der Waals surface area contributed by atoms with E-state index < -0.39 is 0 Å². The molecule has 2 fully saturated rings. The van der Waals surface area contributed by atoms with Gasteiger partial charge in [-0.05, 0) is 30.5 Å². The van der Waals surface area contributed by atoms with E-state index in [-0.39, 0.29) is 23.0 Å². The summed E-state index contributed by atoms with van der Waals surface area (Å²) in [5, 5.41) is 0.0128. The number of thioether (sulfide) groups is 1. The fourth-order valence-corrected chi connectivity index (χ4v) is 3.45. The van der Waals surface area contributed by atoms with Gasteiger partial charge in [0, 0.05) is 18.2 Å². The van der Waals surface area contributed by atoms with Gasteiger partial charge in [-0.15, -0.1) is 11.8 Å². The molecule has 0 aromatic heterocycles. The van der Waals surface area contributed by atoms with Gasteiger partial charge in [-0.2, -0.15) is 0 Å². The van der Waals surface area contributed by atoms with E-state index in [2.05, 4.69) is 0 Å². The van der Waals surface area contributed by atoms with Crippen molar-refractivity contribution < 1.29 is 9.18 Å². The predicted molar refractivity (Wildman–Crippen MR) is 66.0 cm³/mol. The minimum absolute atomic E-state index is 0.0128. The summed E-state index contributed by atoms with van der Waals surface area (Å²) < 4.78 is 13.2. The number of hydrogen-bond acceptors (Lipinski definition) is 2. The summed E-state index contributed by atoms with van der Waals surface area (Å²) in [4.78, 5) is 14.0. The average molecular weight is 251 g/mol. The summed E-state index contributed by atoms with van der Waals surface area (Å²) in [5.41, 5.74) is 0.904. The Morgan fingerprint density at radius 1 is 1.41 bits per heavy atom. The molecule has 0 spiro atoms. The lowest BCUT2D eigenvalue weighted by Gasteiger charge is -2.24. The van der Waals surface area contributed by atoms with Crippen molar-refractivity contribution in [1.29, 1.82) is 0 Å². The van der Waals surface area contributed by atoms with Gasteiger partial charge in [-0.3, -0.25) is 4.79 Å². The van der Waals surface area contributed by atoms with Crippen molar-refractivity contribution in [2.45, 2.75) is 18.2 Å². The number of carbonyl (C=O) groups excluding carboxylic acids is 1. The number of nitrogens with zero attached hydrogens (tertiary/aromatic N) is 1. The highest BCUT2D eigenvalue weighted by atomic mass is 32.2. The van der Waals surface area contributed by atoms with Crippen molar-refractivity contribution in [1.82, 2.24) is 4.90 Å². The zero-order valence-corrected chi connectivity index (χ0v) is 10.3. The molecule has 1 heterocycles. The van der Waals surface area contributed by atoms with Crippen molar-refractivity contribution in [3.05, 3.63) is 35.6 Å². The Morgan fingerprint density at radius 2 is 2.24 bits per heavy atom. The third kappa shape index (κ3) is 2.18. The van der Waals surface area contributed by atoms with E-state index in [0.29, 0.717) is 0 Å². The van der Waals surface area contributed by atoms with E-state index in [1.54, 1.807) is 17.8 Å². The summed E-state index contributed by atoms with van der Waals surface area (Å²) >= 11 is 1.72. The van der Waals surface area contributed by atoms with Crippen LogP contribution < -0.4 is 0 Å². The van der Waals surface area contributed by atoms with Gasteiger partial charge in [-0.1, -0.05) is 12.1 Å². The maximum Gasteiger partial charge on any atom is 0.226 e. The fourth-order valence-electron chi connectivity index (χ4n) is 2.20. The van der Waals surface area contributed by atoms with Crippen molar-refractivity contribution in [2.24, 2.45) is 5.92 Å². The first-order valence-corrected chi connectivity index (χ1v) is 6.98. The van der Waals surface area contributed by atoms with Gasteiger partial charge < -0.3 is 4.90 Å². The second-order valence-electron chi connectivity index (χ2n) is 4.58. The largest absolute Gasteiger partial charge is 0.325 e. The monoisotopic (exact) mass is 251 g/mol. The lowest BCUT2D eigenvalue weighted by atomic mass is 10.2. The molecule has 0 radical (unpaired) electrons. The Morgan fingerprint density at radius 3 is 2.94 bits per heavy atom. The first-order chi connectivity index (χ1) is 8.25. The normalized spacial score (nSPS) is 24.1. The van der Waals surface area contributed by atoms with Crippen LogP contribution in [-0.4, -0.2) is 23.1 Å². The summed E-state index contributed by atoms with van der Waals surface area (Å²) in [6, 6.07) is 6.59. The van der Waals surface area contributed by atoms with Crippen LogP contribution in [0.25, 0.3) is 0 Å². The van der Waals surface area contributed by atoms with Crippen LogP contribution >= 0.6 is 11.8 Å². The van der Waals surface area contributed by atoms with Gasteiger partial charge in [0.2, 0.25) is 5.91 Å². The summed E-state index contributed by atoms with van der Waals surface area (Å²) in [6.45, 7) is 0.793. The molecule has 1 aromatic rings. The van der Waals surface area contributed by atoms with Gasteiger partial charge in [-0.25, -0.2) is 4.39 Å². The highest BCUT2D eigenvalue weighted by Crippen LogP contribution is 2.42. The van der Waals surface area contributed by atoms with Crippen LogP contribution in [0.2, 0.25) is 0 Å². The molecule has 1 saturated heterocycles. The molecule has 1 aliphatic heterocycles. The van der Waals surface area contributed by atoms with Crippen LogP contribution in [0, 0.1) is 11.7 Å². The number of amides is 1. The highest BCUT2D eigenvalue weighted by Gasteiger charge is 2.39. The van der Waals surface area contributed by atoms with Gasteiger partial charge in [0.25, 0.3) is 0 Å². The van der Waals surface area contributed by atoms with E-state index in [1.807, 2.05) is 11.0 Å². The summed E-state index contributed by atoms with van der Waals surface area (Å²) in [5.74, 6) is 1.21. The minimum atomic E-state index is -0.228. The van der Waals surface area contributed by atoms with E-state index in [0.717, 1.165) is 30.7 Å². The molecule has 2 aliphatic rings. The van der Waals surface area contributed by atoms with Crippen molar-refractivity contribution in [3.63, 3.8) is 0 Å². The van der Waals surface area contributed by atoms with Crippen molar-refractivity contribution >= 4 is 17.7 Å². The van der Waals surface area contributed by atoms with Crippen LogP contribution in [0.1, 0.15) is 23.8 Å². The van der Waals surface area contributed by atoms with Gasteiger partial charge in [0.05, 0.1) is 0 Å². The standard InChI is InChI=1S/C13H14FNOS/c14-11-3-1-2-10(8-11)13-15(6-7-17-13)12(16)9-4-5-9/h1-3,8-9,13H,4-7H2/t13-/m1/s1. The Hall–Kier alpha value is -1.03. The zero-order valence-electron chi connectivity index (χ0n) is 9.43. The molecule has 1 saturated carbocycles. The third-order valence-corrected chi connectivity index (χ3v) is 4.50. The molecular weight excluding hydrogens is 237 g/mol. The number of carbonyl (C=O) groups is 1. The Balaban J connectivity index is 1.83. The molecule has 1 aliphatic carbocycles. The maximum atomic E-state index is 13.2. The molecule has 4 heteroatoms. The average Bonchev–Trinajstić information content (AvgIpc) is 3.05. The van der Waals surface area contributed by atoms with Gasteiger partial charge in [0.15, 0.2) is 0 Å². The summed E-state index contributed by atoms with van der Waals surface area (Å²) in [7, 11) is 0. The zero-order chi connectivity index (χ0) is 11.8. The van der Waals surface area contributed by atoms with E-state index in [9.17, 15) is 9.18 Å². The number of halogens is 1. The number of hydrogen-bond donors (Lipinski definition) is 0. The van der Waals surface area contributed by atoms with Gasteiger partial charge in [0.1, 0.15) is 11.2 Å². The van der Waals surface area contributed by atoms with Crippen LogP contribution in [0.15, 0.2) is 24.3 Å². The van der Waals surface area contributed by atoms with Crippen molar-refractivity contribution in [2.75, 3.05) is 12.3 Å². The second kappa shape index (κ2) is 4.33. The minimum Gasteiger partial charge on any atom is -0.325 e. The first-order valence-electron chi connectivity index (χ1n) is 5.93. The molecule has 2 nitrogen and oxygen atoms in total. The molecular formula is C13H14FNOS. The SMILES string of the molecule is O=C(C1CC1)N1CCS[C@@H]1c1cccc(F)c1. The molecule has 0 N–H and O–H groups in total. The van der Waals surface area contributed by atoms with Crippen LogP contribution in [0.5, 0.6) is 0 Å². The van der Waals surface area contributed by atoms with Gasteiger partial charge >= 0.3 is 0 Å². The fraction of sp³-hybridized carbons (Fsp3) is 0.462. The molecule has 17 heavy (non-hydrogen) atoms. The molecule has 1 aromatic carbocycles. The van der Waals surface area contributed by atoms with Crippen LogP contribution in [0.3, 0.4) is 0 Å². The first kappa shape index (κ1) is 11.1. The number of rotatable bonds is 2. The van der Waals surface area contributed by atoms with Crippen LogP contribution in [-0.2, 0) is 4.79 Å². The lowest BCUT2D eigenvalue weighted by Crippen LogP contribution is -2.31. The van der Waals surface area contributed by atoms with Crippen LogP contribution in [0.4, 0.5) is 4.39 Å². The molecule has 1 atom stereocenters. The smallest absolute Gasteiger partial charge is 0.226 e. The molecule has 1 amide bonds. The third-order valence-electron chi connectivity index (χ3n) is 3.23. The lowest BCUT2D eigenvalue weighted by molar-refractivity contribution is -0.132. The van der Waals surface area contributed by atoms with Crippen molar-refractivity contribution in [3.8, 4) is 0 Å². The predicted octanol–water partition coefficient (Wildman–Crippen LogP) is 2.81. The van der Waals surface area contributed by atoms with E-state index in [4.69, 9.17) is 0 Å². The summed E-state index contributed by atoms with van der Waals surface area (Å²) in [6.07, 6.45) is 2.05. The Kier molecular flexibility index (Phi) is 2.82. The second-order valence-corrected chi connectivity index (χ2v) is 5.77. The van der Waals surface area contributed by atoms with E-state index in [1.165, 1.54) is 12.1 Å². The quantitative estimate of drug-likeness (QED) is 0.805. The van der Waals surface area contributed by atoms with E-state index >= 15 is 0 Å². The molecule has 3 rings (SSSR count). The molecule has 0 unspecified atom stereocenters. The Bertz CT molecular complexity index is 447. The maximum absolute atomic E-state index is 13.2. The number of benzene rings is 1.